The first kappa shape index (κ1) is 9.76. The Balaban J connectivity index is 2.35. The van der Waals surface area contributed by atoms with Crippen LogP contribution >= 0.6 is 0 Å². The normalized spacial score (nSPS) is 15.1. The van der Waals surface area contributed by atoms with Crippen LogP contribution in [-0.2, 0) is 6.54 Å². The molecule has 1 aromatic carbocycles. The molecule has 1 aliphatic heterocycles. The molecular weight excluding hydrogens is 199 g/mol. The summed E-state index contributed by atoms with van der Waals surface area (Å²) in [5, 5.41) is 0. The predicted molar refractivity (Wildman–Crippen MR) is 51.9 cm³/mol. The van der Waals surface area contributed by atoms with Gasteiger partial charge in [0.25, 0.3) is 0 Å². The molecule has 1 aliphatic rings. The Morgan fingerprint density at radius 3 is 3.07 bits per heavy atom. The lowest BCUT2D eigenvalue weighted by Gasteiger charge is -2.16. The molecule has 1 aromatic rings. The average molecular weight is 210 g/mol. The fraction of sp³-hybridized carbons (Fsp3) is 0.300. The van der Waals surface area contributed by atoms with E-state index in [1.54, 1.807) is 12.1 Å². The highest BCUT2D eigenvalue weighted by atomic mass is 19.1. The van der Waals surface area contributed by atoms with E-state index >= 15 is 0 Å². The molecule has 4 nitrogen and oxygen atoms in total. The largest absolute Gasteiger partial charge is 0.491 e. The molecule has 0 fully saturated rings. The second kappa shape index (κ2) is 3.76. The predicted octanol–water partition coefficient (Wildman–Crippen LogP) is 1.10. The number of fused-ring (bicyclic) bond motifs is 1. The van der Waals surface area contributed by atoms with Gasteiger partial charge < -0.3 is 15.4 Å². The fourth-order valence-electron chi connectivity index (χ4n) is 1.55. The SMILES string of the molecule is NC(=O)N1CCOc2cccc(F)c2C1. The van der Waals surface area contributed by atoms with Crippen LogP contribution in [0.5, 0.6) is 5.75 Å². The molecule has 0 unspecified atom stereocenters. The van der Waals surface area contributed by atoms with Crippen molar-refractivity contribution in [2.75, 3.05) is 13.2 Å². The topological polar surface area (TPSA) is 55.6 Å². The van der Waals surface area contributed by atoms with Crippen molar-refractivity contribution in [3.05, 3.63) is 29.6 Å². The minimum Gasteiger partial charge on any atom is -0.491 e. The summed E-state index contributed by atoms with van der Waals surface area (Å²) in [4.78, 5) is 12.4. The van der Waals surface area contributed by atoms with Crippen molar-refractivity contribution >= 4 is 6.03 Å². The molecule has 80 valence electrons. The molecule has 0 atom stereocenters. The second-order valence-corrected chi connectivity index (χ2v) is 3.32. The molecule has 0 aromatic heterocycles. The molecule has 0 saturated carbocycles. The Kier molecular flexibility index (Phi) is 2.45. The number of hydrogen-bond donors (Lipinski definition) is 1. The number of ether oxygens (including phenoxy) is 1. The number of rotatable bonds is 0. The average Bonchev–Trinajstić information content (AvgIpc) is 2.40. The second-order valence-electron chi connectivity index (χ2n) is 3.32. The summed E-state index contributed by atoms with van der Waals surface area (Å²) in [6.07, 6.45) is 0. The molecule has 0 saturated heterocycles. The van der Waals surface area contributed by atoms with Crippen molar-refractivity contribution in [1.82, 2.24) is 4.90 Å². The number of primary amides is 1. The number of nitrogens with zero attached hydrogens (tertiary/aromatic N) is 1. The molecule has 2 amide bonds. The monoisotopic (exact) mass is 210 g/mol. The Bertz CT molecular complexity index is 395. The maximum Gasteiger partial charge on any atom is 0.315 e. The fourth-order valence-corrected chi connectivity index (χ4v) is 1.55. The van der Waals surface area contributed by atoms with Gasteiger partial charge in [0.15, 0.2) is 0 Å². The third kappa shape index (κ3) is 1.86. The number of nitrogens with two attached hydrogens (primary N) is 1. The molecular formula is C10H11FN2O2. The van der Waals surface area contributed by atoms with Gasteiger partial charge >= 0.3 is 6.03 Å². The van der Waals surface area contributed by atoms with Crippen LogP contribution in [0.1, 0.15) is 5.56 Å². The van der Waals surface area contributed by atoms with Gasteiger partial charge in [-0.1, -0.05) is 6.07 Å². The summed E-state index contributed by atoms with van der Waals surface area (Å²) < 4.78 is 18.8. The van der Waals surface area contributed by atoms with E-state index in [0.717, 1.165) is 0 Å². The maximum atomic E-state index is 13.4. The molecule has 0 aliphatic carbocycles. The van der Waals surface area contributed by atoms with Crippen molar-refractivity contribution in [2.24, 2.45) is 5.73 Å². The lowest BCUT2D eigenvalue weighted by atomic mass is 10.2. The summed E-state index contributed by atoms with van der Waals surface area (Å²) in [6.45, 7) is 0.875. The molecule has 0 radical (unpaired) electrons. The molecule has 1 heterocycles. The molecule has 0 spiro atoms. The van der Waals surface area contributed by atoms with Gasteiger partial charge in [-0.05, 0) is 12.1 Å². The smallest absolute Gasteiger partial charge is 0.315 e. The van der Waals surface area contributed by atoms with Gasteiger partial charge in [0, 0.05) is 5.56 Å². The molecule has 2 N–H and O–H groups in total. The van der Waals surface area contributed by atoms with Crippen molar-refractivity contribution in [3.8, 4) is 5.75 Å². The van der Waals surface area contributed by atoms with E-state index in [0.29, 0.717) is 24.5 Å². The standard InChI is InChI=1S/C10H11FN2O2/c11-8-2-1-3-9-7(8)6-13(10(12)14)4-5-15-9/h1-3H,4-6H2,(H2,12,14). The number of carbonyl (C=O) groups is 1. The summed E-state index contributed by atoms with van der Waals surface area (Å²) in [5.74, 6) is 0.111. The lowest BCUT2D eigenvalue weighted by Crippen LogP contribution is -2.36. The summed E-state index contributed by atoms with van der Waals surface area (Å²) in [7, 11) is 0. The first-order valence-corrected chi connectivity index (χ1v) is 4.63. The first-order valence-electron chi connectivity index (χ1n) is 4.63. The molecule has 2 rings (SSSR count). The summed E-state index contributed by atoms with van der Waals surface area (Å²) in [5.41, 5.74) is 5.54. The van der Waals surface area contributed by atoms with Crippen molar-refractivity contribution in [2.45, 2.75) is 6.54 Å². The molecule has 5 heteroatoms. The van der Waals surface area contributed by atoms with E-state index in [1.165, 1.54) is 11.0 Å². The van der Waals surface area contributed by atoms with Gasteiger partial charge in [-0.15, -0.1) is 0 Å². The Labute approximate surface area is 86.4 Å². The highest BCUT2D eigenvalue weighted by molar-refractivity contribution is 5.72. The third-order valence-corrected chi connectivity index (χ3v) is 2.36. The van der Waals surface area contributed by atoms with Crippen LogP contribution in [0.4, 0.5) is 9.18 Å². The minimum absolute atomic E-state index is 0.164. The van der Waals surface area contributed by atoms with Gasteiger partial charge in [0.2, 0.25) is 0 Å². The van der Waals surface area contributed by atoms with Gasteiger partial charge in [0.05, 0.1) is 13.1 Å². The summed E-state index contributed by atoms with van der Waals surface area (Å²) >= 11 is 0. The van der Waals surface area contributed by atoms with Crippen LogP contribution in [0.15, 0.2) is 18.2 Å². The zero-order valence-electron chi connectivity index (χ0n) is 8.07. The van der Waals surface area contributed by atoms with Crippen LogP contribution in [-0.4, -0.2) is 24.1 Å². The van der Waals surface area contributed by atoms with Crippen molar-refractivity contribution < 1.29 is 13.9 Å². The first-order chi connectivity index (χ1) is 7.18. The van der Waals surface area contributed by atoms with Gasteiger partial charge in [-0.3, -0.25) is 0 Å². The highest BCUT2D eigenvalue weighted by Crippen LogP contribution is 2.25. The van der Waals surface area contributed by atoms with Gasteiger partial charge in [0.1, 0.15) is 18.2 Å². The lowest BCUT2D eigenvalue weighted by molar-refractivity contribution is 0.196. The van der Waals surface area contributed by atoms with Crippen LogP contribution in [0.2, 0.25) is 0 Å². The van der Waals surface area contributed by atoms with E-state index in [1.807, 2.05) is 0 Å². The Hall–Kier alpha value is -1.78. The van der Waals surface area contributed by atoms with E-state index in [2.05, 4.69) is 0 Å². The number of hydrogen-bond acceptors (Lipinski definition) is 2. The maximum absolute atomic E-state index is 13.4. The number of urea groups is 1. The summed E-state index contributed by atoms with van der Waals surface area (Å²) in [6, 6.07) is 4.04. The number of benzene rings is 1. The van der Waals surface area contributed by atoms with E-state index < -0.39 is 6.03 Å². The van der Waals surface area contributed by atoms with E-state index in [-0.39, 0.29) is 12.4 Å². The third-order valence-electron chi connectivity index (χ3n) is 2.36. The van der Waals surface area contributed by atoms with Crippen molar-refractivity contribution in [1.29, 1.82) is 0 Å². The minimum atomic E-state index is -0.560. The Morgan fingerprint density at radius 1 is 1.53 bits per heavy atom. The van der Waals surface area contributed by atoms with Crippen LogP contribution in [0.3, 0.4) is 0 Å². The number of halogens is 1. The zero-order chi connectivity index (χ0) is 10.8. The van der Waals surface area contributed by atoms with Crippen LogP contribution in [0.25, 0.3) is 0 Å². The molecule has 15 heavy (non-hydrogen) atoms. The van der Waals surface area contributed by atoms with Crippen LogP contribution < -0.4 is 10.5 Å². The van der Waals surface area contributed by atoms with Crippen LogP contribution in [0, 0.1) is 5.82 Å². The van der Waals surface area contributed by atoms with Gasteiger partial charge in [-0.2, -0.15) is 0 Å². The Morgan fingerprint density at radius 2 is 2.33 bits per heavy atom. The quantitative estimate of drug-likeness (QED) is 0.697. The van der Waals surface area contributed by atoms with Gasteiger partial charge in [-0.25, -0.2) is 9.18 Å². The van der Waals surface area contributed by atoms with Crippen molar-refractivity contribution in [3.63, 3.8) is 0 Å². The molecule has 0 bridgehead atoms. The number of carbonyl (C=O) groups excluding carboxylic acids is 1. The van der Waals surface area contributed by atoms with E-state index in [9.17, 15) is 9.18 Å². The zero-order valence-corrected chi connectivity index (χ0v) is 8.07. The highest BCUT2D eigenvalue weighted by Gasteiger charge is 2.20. The number of amides is 2. The van der Waals surface area contributed by atoms with E-state index in [4.69, 9.17) is 10.5 Å².